The second-order valence-corrected chi connectivity index (χ2v) is 4.19. The molecule has 0 saturated carbocycles. The van der Waals surface area contributed by atoms with Crippen molar-refractivity contribution in [3.05, 3.63) is 42.5 Å². The van der Waals surface area contributed by atoms with Gasteiger partial charge in [-0.2, -0.15) is 0 Å². The van der Waals surface area contributed by atoms with Crippen LogP contribution in [0.5, 0.6) is 0 Å². The van der Waals surface area contributed by atoms with Crippen LogP contribution in [-0.4, -0.2) is 21.0 Å². The van der Waals surface area contributed by atoms with E-state index in [-0.39, 0.29) is 0 Å². The second-order valence-electron chi connectivity index (χ2n) is 4.19. The van der Waals surface area contributed by atoms with Gasteiger partial charge in [0, 0.05) is 48.5 Å². The van der Waals surface area contributed by atoms with Crippen LogP contribution in [0.2, 0.25) is 0 Å². The highest BCUT2D eigenvalue weighted by molar-refractivity contribution is 5.53. The summed E-state index contributed by atoms with van der Waals surface area (Å²) >= 11 is 0. The van der Waals surface area contributed by atoms with Crippen molar-refractivity contribution in [3.8, 4) is 11.4 Å². The normalized spacial score (nSPS) is 10.8. The van der Waals surface area contributed by atoms with E-state index < -0.39 is 0 Å². The predicted octanol–water partition coefficient (Wildman–Crippen LogP) is 2.04. The number of hydrogen-bond donors (Lipinski definition) is 1. The fraction of sp³-hybridized carbons (Fsp3) is 0.308. The van der Waals surface area contributed by atoms with E-state index >= 15 is 0 Å². The molecule has 0 bridgehead atoms. The van der Waals surface area contributed by atoms with E-state index in [1.807, 2.05) is 24.5 Å². The van der Waals surface area contributed by atoms with E-state index in [0.717, 1.165) is 23.5 Å². The van der Waals surface area contributed by atoms with Gasteiger partial charge in [0.1, 0.15) is 0 Å². The Morgan fingerprint density at radius 1 is 1.12 bits per heavy atom. The second kappa shape index (κ2) is 5.50. The van der Waals surface area contributed by atoms with Crippen molar-refractivity contribution in [1.29, 1.82) is 0 Å². The third-order valence-electron chi connectivity index (χ3n) is 2.36. The third kappa shape index (κ3) is 3.32. The lowest BCUT2D eigenvalue weighted by molar-refractivity contribution is 0.587. The van der Waals surface area contributed by atoms with Gasteiger partial charge in [-0.25, -0.2) is 9.97 Å². The van der Waals surface area contributed by atoms with Crippen LogP contribution in [0.3, 0.4) is 0 Å². The molecule has 0 aliphatic rings. The Bertz CT molecular complexity index is 451. The molecule has 4 nitrogen and oxygen atoms in total. The summed E-state index contributed by atoms with van der Waals surface area (Å²) in [5.74, 6) is 0.737. The molecule has 4 heteroatoms. The first-order chi connectivity index (χ1) is 8.25. The van der Waals surface area contributed by atoms with E-state index in [9.17, 15) is 0 Å². The molecule has 0 unspecified atom stereocenters. The highest BCUT2D eigenvalue weighted by Gasteiger charge is 2.01. The van der Waals surface area contributed by atoms with Gasteiger partial charge < -0.3 is 5.32 Å². The smallest absolute Gasteiger partial charge is 0.159 e. The molecule has 0 aliphatic carbocycles. The predicted molar refractivity (Wildman–Crippen MR) is 67.2 cm³/mol. The van der Waals surface area contributed by atoms with Crippen molar-refractivity contribution in [2.75, 3.05) is 0 Å². The molecule has 88 valence electrons. The molecule has 0 fully saturated rings. The molecule has 0 aliphatic heterocycles. The molecule has 1 N–H and O–H groups in total. The number of nitrogens with zero attached hydrogens (tertiary/aromatic N) is 3. The summed E-state index contributed by atoms with van der Waals surface area (Å²) in [6.07, 6.45) is 7.20. The lowest BCUT2D eigenvalue weighted by Crippen LogP contribution is -2.21. The number of aromatic nitrogens is 3. The number of hydrogen-bond acceptors (Lipinski definition) is 4. The van der Waals surface area contributed by atoms with Gasteiger partial charge in [-0.1, -0.05) is 13.8 Å². The zero-order valence-electron chi connectivity index (χ0n) is 10.1. The molecule has 0 radical (unpaired) electrons. The maximum Gasteiger partial charge on any atom is 0.159 e. The first-order valence-corrected chi connectivity index (χ1v) is 5.70. The molecular weight excluding hydrogens is 212 g/mol. The fourth-order valence-corrected chi connectivity index (χ4v) is 1.42. The zero-order chi connectivity index (χ0) is 12.1. The summed E-state index contributed by atoms with van der Waals surface area (Å²) in [5, 5.41) is 3.33. The standard InChI is InChI=1S/C13H16N4/c1-10(2)15-7-11-8-16-13(17-9-11)12-3-5-14-6-4-12/h3-6,8-10,15H,7H2,1-2H3. The number of rotatable bonds is 4. The van der Waals surface area contributed by atoms with Gasteiger partial charge in [-0.05, 0) is 12.1 Å². The lowest BCUT2D eigenvalue weighted by Gasteiger charge is -2.07. The Labute approximate surface area is 101 Å². The van der Waals surface area contributed by atoms with Crippen LogP contribution < -0.4 is 5.32 Å². The Hall–Kier alpha value is -1.81. The van der Waals surface area contributed by atoms with Crippen molar-refractivity contribution in [1.82, 2.24) is 20.3 Å². The Morgan fingerprint density at radius 2 is 1.76 bits per heavy atom. The SMILES string of the molecule is CC(C)NCc1cnc(-c2ccncc2)nc1. The topological polar surface area (TPSA) is 50.7 Å². The average Bonchev–Trinajstić information content (AvgIpc) is 2.38. The molecule has 0 saturated heterocycles. The quantitative estimate of drug-likeness (QED) is 0.870. The molecule has 2 aromatic rings. The van der Waals surface area contributed by atoms with Crippen LogP contribution in [0.4, 0.5) is 0 Å². The Kier molecular flexibility index (Phi) is 3.77. The molecule has 2 aromatic heterocycles. The van der Waals surface area contributed by atoms with E-state index in [2.05, 4.69) is 34.1 Å². The van der Waals surface area contributed by atoms with Crippen LogP contribution in [0.1, 0.15) is 19.4 Å². The minimum absolute atomic E-state index is 0.467. The molecular formula is C13H16N4. The first kappa shape index (κ1) is 11.7. The molecule has 0 amide bonds. The molecule has 0 spiro atoms. The molecule has 2 rings (SSSR count). The van der Waals surface area contributed by atoms with Crippen LogP contribution in [0, 0.1) is 0 Å². The van der Waals surface area contributed by atoms with Crippen molar-refractivity contribution in [2.45, 2.75) is 26.4 Å². The molecule has 0 aromatic carbocycles. The van der Waals surface area contributed by atoms with Crippen LogP contribution >= 0.6 is 0 Å². The Balaban J connectivity index is 2.08. The largest absolute Gasteiger partial charge is 0.310 e. The molecule has 2 heterocycles. The maximum absolute atomic E-state index is 4.35. The van der Waals surface area contributed by atoms with Gasteiger partial charge >= 0.3 is 0 Å². The average molecular weight is 228 g/mol. The van der Waals surface area contributed by atoms with Gasteiger partial charge in [0.15, 0.2) is 5.82 Å². The van der Waals surface area contributed by atoms with Gasteiger partial charge in [0.25, 0.3) is 0 Å². The minimum atomic E-state index is 0.467. The lowest BCUT2D eigenvalue weighted by atomic mass is 10.2. The Morgan fingerprint density at radius 3 is 2.35 bits per heavy atom. The van der Waals surface area contributed by atoms with E-state index in [1.54, 1.807) is 12.4 Å². The monoisotopic (exact) mass is 228 g/mol. The minimum Gasteiger partial charge on any atom is -0.310 e. The van der Waals surface area contributed by atoms with E-state index in [4.69, 9.17) is 0 Å². The summed E-state index contributed by atoms with van der Waals surface area (Å²) in [5.41, 5.74) is 2.08. The summed E-state index contributed by atoms with van der Waals surface area (Å²) < 4.78 is 0. The third-order valence-corrected chi connectivity index (χ3v) is 2.36. The zero-order valence-corrected chi connectivity index (χ0v) is 10.1. The number of pyridine rings is 1. The fourth-order valence-electron chi connectivity index (χ4n) is 1.42. The van der Waals surface area contributed by atoms with Crippen LogP contribution in [-0.2, 0) is 6.54 Å². The highest BCUT2D eigenvalue weighted by Crippen LogP contribution is 2.12. The van der Waals surface area contributed by atoms with Gasteiger partial charge in [0.05, 0.1) is 0 Å². The molecule has 17 heavy (non-hydrogen) atoms. The van der Waals surface area contributed by atoms with Crippen LogP contribution in [0.25, 0.3) is 11.4 Å². The van der Waals surface area contributed by atoms with Gasteiger partial charge in [-0.15, -0.1) is 0 Å². The highest BCUT2D eigenvalue weighted by atomic mass is 14.9. The maximum atomic E-state index is 4.35. The van der Waals surface area contributed by atoms with E-state index in [1.165, 1.54) is 0 Å². The van der Waals surface area contributed by atoms with Crippen molar-refractivity contribution >= 4 is 0 Å². The van der Waals surface area contributed by atoms with Crippen LogP contribution in [0.15, 0.2) is 36.9 Å². The summed E-state index contributed by atoms with van der Waals surface area (Å²) in [4.78, 5) is 12.7. The van der Waals surface area contributed by atoms with E-state index in [0.29, 0.717) is 6.04 Å². The summed E-state index contributed by atoms with van der Waals surface area (Å²) in [6, 6.07) is 4.28. The van der Waals surface area contributed by atoms with Crippen molar-refractivity contribution in [3.63, 3.8) is 0 Å². The van der Waals surface area contributed by atoms with Gasteiger partial charge in [0.2, 0.25) is 0 Å². The van der Waals surface area contributed by atoms with Crippen molar-refractivity contribution in [2.24, 2.45) is 0 Å². The summed E-state index contributed by atoms with van der Waals surface area (Å²) in [6.45, 7) is 5.03. The van der Waals surface area contributed by atoms with Gasteiger partial charge in [-0.3, -0.25) is 4.98 Å². The molecule has 0 atom stereocenters. The summed E-state index contributed by atoms with van der Waals surface area (Å²) in [7, 11) is 0. The van der Waals surface area contributed by atoms with Crippen molar-refractivity contribution < 1.29 is 0 Å². The number of nitrogens with one attached hydrogen (secondary N) is 1. The first-order valence-electron chi connectivity index (χ1n) is 5.70.